The number of aryl methyl sites for hydroxylation is 2. The molecule has 0 atom stereocenters. The van der Waals surface area contributed by atoms with Crippen LogP contribution in [0.3, 0.4) is 0 Å². The Labute approximate surface area is 87.4 Å². The van der Waals surface area contributed by atoms with Gasteiger partial charge in [0.15, 0.2) is 5.82 Å². The van der Waals surface area contributed by atoms with Gasteiger partial charge in [-0.1, -0.05) is 6.07 Å². The van der Waals surface area contributed by atoms with Gasteiger partial charge in [-0.25, -0.2) is 0 Å². The lowest BCUT2D eigenvalue weighted by Gasteiger charge is -2.04. The zero-order valence-electron chi connectivity index (χ0n) is 8.24. The van der Waals surface area contributed by atoms with Crippen LogP contribution in [-0.2, 0) is 19.6 Å². The number of hydrogen-bond donors (Lipinski definition) is 1. The smallest absolute Gasteiger partial charge is 0.158 e. The fraction of sp³-hybridized carbons (Fsp3) is 0.300. The molecule has 2 rings (SSSR count). The molecule has 2 aromatic heterocycles. The van der Waals surface area contributed by atoms with Gasteiger partial charge < -0.3 is 9.67 Å². The topological polar surface area (TPSA) is 63.8 Å². The summed E-state index contributed by atoms with van der Waals surface area (Å²) in [5.41, 5.74) is 1.16. The number of rotatable bonds is 4. The molecule has 0 bridgehead atoms. The molecular weight excluding hydrogens is 192 g/mol. The average molecular weight is 204 g/mol. The monoisotopic (exact) mass is 204 g/mol. The number of hydrogen-bond acceptors (Lipinski definition) is 4. The molecule has 1 N–H and O–H groups in total. The van der Waals surface area contributed by atoms with E-state index < -0.39 is 0 Å². The summed E-state index contributed by atoms with van der Waals surface area (Å²) in [6.07, 6.45) is 6.07. The molecule has 0 radical (unpaired) electrons. The van der Waals surface area contributed by atoms with Crippen LogP contribution in [0.25, 0.3) is 0 Å². The number of aliphatic hydroxyl groups is 1. The van der Waals surface area contributed by atoms with Gasteiger partial charge in [0.2, 0.25) is 0 Å². The maximum atomic E-state index is 8.97. The molecule has 0 amide bonds. The zero-order valence-corrected chi connectivity index (χ0v) is 8.24. The van der Waals surface area contributed by atoms with E-state index in [-0.39, 0.29) is 6.61 Å². The second kappa shape index (κ2) is 4.65. The van der Waals surface area contributed by atoms with E-state index in [4.69, 9.17) is 5.11 Å². The minimum Gasteiger partial charge on any atom is -0.388 e. The first-order chi connectivity index (χ1) is 7.40. The molecule has 0 saturated heterocycles. The SMILES string of the molecule is OCc1nncn1CCc1cccnc1. The van der Waals surface area contributed by atoms with Crippen molar-refractivity contribution in [2.24, 2.45) is 0 Å². The first-order valence-corrected chi connectivity index (χ1v) is 4.76. The van der Waals surface area contributed by atoms with Crippen LogP contribution in [0.2, 0.25) is 0 Å². The van der Waals surface area contributed by atoms with E-state index in [0.29, 0.717) is 5.82 Å². The number of nitrogens with zero attached hydrogens (tertiary/aromatic N) is 4. The van der Waals surface area contributed by atoms with Crippen LogP contribution in [0.1, 0.15) is 11.4 Å². The molecule has 0 aliphatic rings. The molecule has 0 unspecified atom stereocenters. The summed E-state index contributed by atoms with van der Waals surface area (Å²) >= 11 is 0. The molecule has 0 aliphatic carbocycles. The normalized spacial score (nSPS) is 10.5. The Bertz CT molecular complexity index is 412. The highest BCUT2D eigenvalue weighted by atomic mass is 16.3. The summed E-state index contributed by atoms with van der Waals surface area (Å²) in [6.45, 7) is 0.682. The third kappa shape index (κ3) is 2.38. The van der Waals surface area contributed by atoms with E-state index >= 15 is 0 Å². The predicted octanol–water partition coefficient (Wildman–Crippen LogP) is 0.408. The van der Waals surface area contributed by atoms with Crippen molar-refractivity contribution in [1.82, 2.24) is 19.7 Å². The standard InChI is InChI=1S/C10H12N4O/c15-7-10-13-12-8-14(10)5-3-9-2-1-4-11-6-9/h1-2,4,6,8,15H,3,5,7H2. The van der Waals surface area contributed by atoms with Crippen molar-refractivity contribution in [2.75, 3.05) is 0 Å². The molecular formula is C10H12N4O. The highest BCUT2D eigenvalue weighted by Gasteiger charge is 2.02. The van der Waals surface area contributed by atoms with E-state index in [9.17, 15) is 0 Å². The van der Waals surface area contributed by atoms with Crippen LogP contribution < -0.4 is 0 Å². The van der Waals surface area contributed by atoms with Crippen LogP contribution in [0.4, 0.5) is 0 Å². The Morgan fingerprint density at radius 3 is 3.07 bits per heavy atom. The predicted molar refractivity (Wildman–Crippen MR) is 53.9 cm³/mol. The second-order valence-electron chi connectivity index (χ2n) is 3.21. The van der Waals surface area contributed by atoms with Crippen LogP contribution in [-0.4, -0.2) is 24.9 Å². The zero-order chi connectivity index (χ0) is 10.5. The molecule has 2 aromatic rings. The summed E-state index contributed by atoms with van der Waals surface area (Å²) < 4.78 is 1.84. The van der Waals surface area contributed by atoms with Crippen molar-refractivity contribution in [2.45, 2.75) is 19.6 Å². The lowest BCUT2D eigenvalue weighted by molar-refractivity contribution is 0.264. The molecule has 0 aliphatic heterocycles. The summed E-state index contributed by atoms with van der Waals surface area (Å²) in [4.78, 5) is 4.04. The molecule has 15 heavy (non-hydrogen) atoms. The van der Waals surface area contributed by atoms with Gasteiger partial charge in [0.1, 0.15) is 12.9 Å². The number of pyridine rings is 1. The number of aromatic nitrogens is 4. The molecule has 0 aromatic carbocycles. The van der Waals surface area contributed by atoms with Gasteiger partial charge in [0, 0.05) is 18.9 Å². The van der Waals surface area contributed by atoms with Crippen LogP contribution in [0.5, 0.6) is 0 Å². The Morgan fingerprint density at radius 2 is 2.33 bits per heavy atom. The maximum absolute atomic E-state index is 8.97. The molecule has 5 nitrogen and oxygen atoms in total. The fourth-order valence-electron chi connectivity index (χ4n) is 1.38. The fourth-order valence-corrected chi connectivity index (χ4v) is 1.38. The molecule has 5 heteroatoms. The maximum Gasteiger partial charge on any atom is 0.158 e. The van der Waals surface area contributed by atoms with E-state index in [1.807, 2.05) is 22.9 Å². The van der Waals surface area contributed by atoms with Crippen LogP contribution in [0.15, 0.2) is 30.9 Å². The first-order valence-electron chi connectivity index (χ1n) is 4.76. The third-order valence-electron chi connectivity index (χ3n) is 2.20. The Kier molecular flexibility index (Phi) is 3.04. The molecule has 78 valence electrons. The Hall–Kier alpha value is -1.75. The summed E-state index contributed by atoms with van der Waals surface area (Å²) in [7, 11) is 0. The van der Waals surface area contributed by atoms with Gasteiger partial charge in [0.05, 0.1) is 0 Å². The lowest BCUT2D eigenvalue weighted by atomic mass is 10.2. The van der Waals surface area contributed by atoms with E-state index in [1.54, 1.807) is 12.5 Å². The van der Waals surface area contributed by atoms with Gasteiger partial charge in [-0.05, 0) is 18.1 Å². The van der Waals surface area contributed by atoms with Crippen LogP contribution >= 0.6 is 0 Å². The van der Waals surface area contributed by atoms with Gasteiger partial charge in [-0.3, -0.25) is 4.98 Å². The van der Waals surface area contributed by atoms with Gasteiger partial charge in [-0.15, -0.1) is 10.2 Å². The van der Waals surface area contributed by atoms with Crippen molar-refractivity contribution in [3.8, 4) is 0 Å². The van der Waals surface area contributed by atoms with Crippen molar-refractivity contribution in [1.29, 1.82) is 0 Å². The minimum atomic E-state index is -0.0763. The van der Waals surface area contributed by atoms with Crippen molar-refractivity contribution < 1.29 is 5.11 Å². The van der Waals surface area contributed by atoms with Crippen molar-refractivity contribution in [3.05, 3.63) is 42.2 Å². The quantitative estimate of drug-likeness (QED) is 0.783. The van der Waals surface area contributed by atoms with Crippen LogP contribution in [0, 0.1) is 0 Å². The van der Waals surface area contributed by atoms with E-state index in [2.05, 4.69) is 15.2 Å². The minimum absolute atomic E-state index is 0.0763. The average Bonchev–Trinajstić information content (AvgIpc) is 2.75. The third-order valence-corrected chi connectivity index (χ3v) is 2.20. The summed E-state index contributed by atoms with van der Waals surface area (Å²) in [5.74, 6) is 0.596. The highest BCUT2D eigenvalue weighted by molar-refractivity contribution is 5.08. The Morgan fingerprint density at radius 1 is 1.40 bits per heavy atom. The molecule has 0 spiro atoms. The highest BCUT2D eigenvalue weighted by Crippen LogP contribution is 2.01. The molecule has 0 fully saturated rings. The van der Waals surface area contributed by atoms with Gasteiger partial charge >= 0.3 is 0 Å². The van der Waals surface area contributed by atoms with E-state index in [1.165, 1.54) is 0 Å². The lowest BCUT2D eigenvalue weighted by Crippen LogP contribution is -2.05. The van der Waals surface area contributed by atoms with Crippen molar-refractivity contribution in [3.63, 3.8) is 0 Å². The van der Waals surface area contributed by atoms with E-state index in [0.717, 1.165) is 18.5 Å². The Balaban J connectivity index is 1.99. The molecule has 2 heterocycles. The van der Waals surface area contributed by atoms with Gasteiger partial charge in [-0.2, -0.15) is 0 Å². The van der Waals surface area contributed by atoms with Gasteiger partial charge in [0.25, 0.3) is 0 Å². The molecule has 0 saturated carbocycles. The number of aliphatic hydroxyl groups excluding tert-OH is 1. The first kappa shape index (κ1) is 9.79. The summed E-state index contributed by atoms with van der Waals surface area (Å²) in [6, 6.07) is 3.93. The van der Waals surface area contributed by atoms with Crippen molar-refractivity contribution >= 4 is 0 Å². The largest absolute Gasteiger partial charge is 0.388 e. The second-order valence-corrected chi connectivity index (χ2v) is 3.21. The summed E-state index contributed by atoms with van der Waals surface area (Å²) in [5, 5.41) is 16.5.